The van der Waals surface area contributed by atoms with E-state index < -0.39 is 6.04 Å². The first-order chi connectivity index (χ1) is 20.3. The van der Waals surface area contributed by atoms with E-state index in [0.29, 0.717) is 46.6 Å². The maximum atomic E-state index is 14.2. The lowest BCUT2D eigenvalue weighted by atomic mass is 10.0. The summed E-state index contributed by atoms with van der Waals surface area (Å²) in [6.07, 6.45) is 3.98. The van der Waals surface area contributed by atoms with E-state index in [4.69, 9.17) is 28.9 Å². The zero-order chi connectivity index (χ0) is 29.6. The first-order valence-electron chi connectivity index (χ1n) is 14.5. The molecule has 0 spiro atoms. The molecule has 6 nitrogen and oxygen atoms in total. The topological polar surface area (TPSA) is 86.9 Å². The van der Waals surface area contributed by atoms with Gasteiger partial charge in [-0.15, -0.1) is 11.8 Å². The third-order valence-electron chi connectivity index (χ3n) is 8.38. The van der Waals surface area contributed by atoms with E-state index in [0.717, 1.165) is 24.8 Å². The fraction of sp³-hybridized carbons (Fsp3) is 0.394. The minimum atomic E-state index is -0.628. The molecule has 4 atom stereocenters. The number of aromatic hydroxyl groups is 1. The molecule has 3 N–H and O–H groups in total. The van der Waals surface area contributed by atoms with Crippen LogP contribution in [0.3, 0.4) is 0 Å². The van der Waals surface area contributed by atoms with Gasteiger partial charge in [0.2, 0.25) is 5.91 Å². The lowest BCUT2D eigenvalue weighted by Gasteiger charge is -2.32. The summed E-state index contributed by atoms with van der Waals surface area (Å²) >= 11 is 13.7. The maximum absolute atomic E-state index is 14.2. The number of ketones is 1. The second-order valence-corrected chi connectivity index (χ2v) is 13.1. The van der Waals surface area contributed by atoms with Gasteiger partial charge in [0.15, 0.2) is 5.78 Å². The van der Waals surface area contributed by atoms with Crippen molar-refractivity contribution in [2.24, 2.45) is 5.73 Å². The number of nitrogens with zero attached hydrogens (tertiary/aromatic N) is 2. The number of amides is 1. The van der Waals surface area contributed by atoms with Crippen LogP contribution >= 0.6 is 35.0 Å². The van der Waals surface area contributed by atoms with Gasteiger partial charge in [0.1, 0.15) is 5.75 Å². The zero-order valence-electron chi connectivity index (χ0n) is 23.5. The summed E-state index contributed by atoms with van der Waals surface area (Å²) in [4.78, 5) is 32.9. The Morgan fingerprint density at radius 3 is 2.52 bits per heavy atom. The van der Waals surface area contributed by atoms with Crippen LogP contribution in [-0.4, -0.2) is 69.6 Å². The highest BCUT2D eigenvalue weighted by Gasteiger charge is 2.45. The molecule has 42 heavy (non-hydrogen) atoms. The lowest BCUT2D eigenvalue weighted by molar-refractivity contribution is -0.141. The van der Waals surface area contributed by atoms with Crippen molar-refractivity contribution in [2.45, 2.75) is 67.6 Å². The molecule has 2 fully saturated rings. The lowest BCUT2D eigenvalue weighted by Crippen LogP contribution is -2.51. The van der Waals surface area contributed by atoms with Crippen LogP contribution in [0.5, 0.6) is 5.75 Å². The minimum absolute atomic E-state index is 0.00563. The SMILES string of the molecule is N[C@@H]1C[C@H]2C(=O)N([C@H](CSc3ccccc3O)C(=O)CCc3ccc(Cl)c(Cl)c3)CCC(CCc3ccccc3)N2C1. The molecule has 0 aliphatic carbocycles. The largest absolute Gasteiger partial charge is 0.507 e. The minimum Gasteiger partial charge on any atom is -0.507 e. The van der Waals surface area contributed by atoms with E-state index in [2.05, 4.69) is 29.2 Å². The molecule has 1 unspecified atom stereocenters. The second-order valence-electron chi connectivity index (χ2n) is 11.2. The molecule has 0 radical (unpaired) electrons. The van der Waals surface area contributed by atoms with Crippen molar-refractivity contribution in [3.63, 3.8) is 0 Å². The molecule has 5 rings (SSSR count). The number of carbonyl (C=O) groups is 2. The molecule has 0 saturated carbocycles. The summed E-state index contributed by atoms with van der Waals surface area (Å²) in [6.45, 7) is 1.19. The van der Waals surface area contributed by atoms with Crippen molar-refractivity contribution in [3.05, 3.63) is 94.0 Å². The summed E-state index contributed by atoms with van der Waals surface area (Å²) in [5.74, 6) is 0.502. The van der Waals surface area contributed by atoms with Crippen molar-refractivity contribution in [2.75, 3.05) is 18.8 Å². The van der Waals surface area contributed by atoms with Gasteiger partial charge in [-0.2, -0.15) is 0 Å². The fourth-order valence-corrected chi connectivity index (χ4v) is 7.54. The number of Topliss-reactive ketones (excluding diaryl/α,β-unsaturated/α-hetero) is 1. The summed E-state index contributed by atoms with van der Waals surface area (Å²) in [5, 5.41) is 11.3. The summed E-state index contributed by atoms with van der Waals surface area (Å²) in [5.41, 5.74) is 8.61. The number of fused-ring (bicyclic) bond motifs is 1. The highest BCUT2D eigenvalue weighted by molar-refractivity contribution is 7.99. The molecular weight excluding hydrogens is 589 g/mol. The molecule has 222 valence electrons. The Bertz CT molecular complexity index is 1390. The van der Waals surface area contributed by atoms with E-state index in [9.17, 15) is 14.7 Å². The summed E-state index contributed by atoms with van der Waals surface area (Å²) < 4.78 is 0. The third kappa shape index (κ3) is 7.50. The van der Waals surface area contributed by atoms with E-state index >= 15 is 0 Å². The van der Waals surface area contributed by atoms with Crippen molar-refractivity contribution in [1.82, 2.24) is 9.80 Å². The highest BCUT2D eigenvalue weighted by Crippen LogP contribution is 2.33. The second kappa shape index (κ2) is 14.3. The number of benzene rings is 3. The molecule has 3 aromatic rings. The number of aryl methyl sites for hydroxylation is 2. The first kappa shape index (κ1) is 30.9. The Hall–Kier alpha value is -2.55. The van der Waals surface area contributed by atoms with Crippen LogP contribution < -0.4 is 5.73 Å². The number of phenols is 1. The van der Waals surface area contributed by atoms with Crippen LogP contribution in [0.1, 0.15) is 36.8 Å². The number of rotatable bonds is 11. The van der Waals surface area contributed by atoms with Crippen LogP contribution in [-0.2, 0) is 22.4 Å². The number of carbonyl (C=O) groups excluding carboxylic acids is 2. The van der Waals surface area contributed by atoms with Crippen LogP contribution in [0.4, 0.5) is 0 Å². The molecule has 2 aliphatic rings. The van der Waals surface area contributed by atoms with Crippen LogP contribution in [0, 0.1) is 0 Å². The number of hydrogen-bond acceptors (Lipinski definition) is 6. The van der Waals surface area contributed by atoms with E-state index in [1.54, 1.807) is 24.3 Å². The van der Waals surface area contributed by atoms with Crippen LogP contribution in [0.2, 0.25) is 10.0 Å². The predicted molar refractivity (Wildman–Crippen MR) is 170 cm³/mol. The molecule has 0 bridgehead atoms. The number of para-hydroxylation sites is 1. The summed E-state index contributed by atoms with van der Waals surface area (Å²) in [7, 11) is 0. The van der Waals surface area contributed by atoms with Crippen molar-refractivity contribution < 1.29 is 14.7 Å². The molecule has 2 saturated heterocycles. The highest BCUT2D eigenvalue weighted by atomic mass is 35.5. The molecule has 3 aromatic carbocycles. The van der Waals surface area contributed by atoms with Crippen molar-refractivity contribution in [3.8, 4) is 5.75 Å². The smallest absolute Gasteiger partial charge is 0.240 e. The molecule has 9 heteroatoms. The van der Waals surface area contributed by atoms with Gasteiger partial charge in [-0.3, -0.25) is 14.5 Å². The van der Waals surface area contributed by atoms with Crippen LogP contribution in [0.25, 0.3) is 0 Å². The fourth-order valence-electron chi connectivity index (χ4n) is 6.13. The average molecular weight is 627 g/mol. The van der Waals surface area contributed by atoms with Gasteiger partial charge in [-0.1, -0.05) is 71.7 Å². The number of phenolic OH excluding ortho intramolecular Hbond substituents is 1. The Morgan fingerprint density at radius 2 is 1.76 bits per heavy atom. The molecule has 2 aliphatic heterocycles. The standard InChI is InChI=1S/C33H37Cl2N3O3S/c34-26-14-11-23(18-27(26)35)12-15-30(39)29(21-42-32-9-5-4-8-31(32)40)37-17-16-25(13-10-22-6-2-1-3-7-22)38-20-24(36)19-28(38)33(37)41/h1-9,11,14,18,24-25,28-29,40H,10,12-13,15-17,19-21,36H2/t24-,25?,28+,29-/m1/s1. The molecule has 2 heterocycles. The first-order valence-corrected chi connectivity index (χ1v) is 16.3. The van der Waals surface area contributed by atoms with Crippen molar-refractivity contribution in [1.29, 1.82) is 0 Å². The van der Waals surface area contributed by atoms with Gasteiger partial charge in [0.05, 0.1) is 22.1 Å². The number of thioether (sulfide) groups is 1. The molecule has 1 amide bonds. The zero-order valence-corrected chi connectivity index (χ0v) is 25.8. The Kier molecular flexibility index (Phi) is 10.5. The van der Waals surface area contributed by atoms with Crippen molar-refractivity contribution >= 4 is 46.7 Å². The molecule has 0 aromatic heterocycles. The normalized spacial score (nSPS) is 21.6. The quantitative estimate of drug-likeness (QED) is 0.254. The van der Waals surface area contributed by atoms with E-state index in [-0.39, 0.29) is 42.0 Å². The number of hydrogen-bond donors (Lipinski definition) is 2. The number of nitrogens with two attached hydrogens (primary N) is 1. The summed E-state index contributed by atoms with van der Waals surface area (Å²) in [6, 6.07) is 22.1. The van der Waals surface area contributed by atoms with Crippen LogP contribution in [0.15, 0.2) is 77.7 Å². The van der Waals surface area contributed by atoms with E-state index in [1.165, 1.54) is 17.3 Å². The van der Waals surface area contributed by atoms with Gasteiger partial charge < -0.3 is 15.7 Å². The Morgan fingerprint density at radius 1 is 1.00 bits per heavy atom. The Labute approximate surface area is 262 Å². The van der Waals surface area contributed by atoms with Gasteiger partial charge in [0.25, 0.3) is 0 Å². The predicted octanol–water partition coefficient (Wildman–Crippen LogP) is 6.00. The number of halogens is 2. The maximum Gasteiger partial charge on any atom is 0.240 e. The third-order valence-corrected chi connectivity index (χ3v) is 10.3. The monoisotopic (exact) mass is 625 g/mol. The Balaban J connectivity index is 1.36. The van der Waals surface area contributed by atoms with Gasteiger partial charge in [-0.25, -0.2) is 0 Å². The molecular formula is C33H37Cl2N3O3S. The van der Waals surface area contributed by atoms with Gasteiger partial charge in [-0.05, 0) is 67.5 Å². The van der Waals surface area contributed by atoms with Gasteiger partial charge >= 0.3 is 0 Å². The van der Waals surface area contributed by atoms with Gasteiger partial charge in [0, 0.05) is 42.2 Å². The van der Waals surface area contributed by atoms with E-state index in [1.807, 2.05) is 29.2 Å². The average Bonchev–Trinajstić information content (AvgIpc) is 3.33.